The zero-order valence-corrected chi connectivity index (χ0v) is 13.5. The van der Waals surface area contributed by atoms with Gasteiger partial charge < -0.3 is 0 Å². The average Bonchev–Trinajstić information content (AvgIpc) is 3.12. The summed E-state index contributed by atoms with van der Waals surface area (Å²) >= 11 is 0. The van der Waals surface area contributed by atoms with E-state index in [-0.39, 0.29) is 5.41 Å². The molecule has 0 heteroatoms. The first-order chi connectivity index (χ1) is 10.2. The number of fused-ring (bicyclic) bond motifs is 2. The van der Waals surface area contributed by atoms with Crippen LogP contribution in [0.1, 0.15) is 65.2 Å². The molecule has 0 nitrogen and oxygen atoms in total. The third kappa shape index (κ3) is 2.40. The molecule has 0 N–H and O–H groups in total. The maximum Gasteiger partial charge on any atom is -0.00680 e. The summed E-state index contributed by atoms with van der Waals surface area (Å²) in [5, 5.41) is 0. The van der Waals surface area contributed by atoms with E-state index in [9.17, 15) is 0 Å². The molecule has 0 unspecified atom stereocenters. The molecule has 110 valence electrons. The van der Waals surface area contributed by atoms with Gasteiger partial charge in [0.1, 0.15) is 0 Å². The monoisotopic (exact) mass is 278 g/mol. The Balaban J connectivity index is 1.52. The van der Waals surface area contributed by atoms with Gasteiger partial charge in [0, 0.05) is 0 Å². The molecule has 0 aromatic rings. The Kier molecular flexibility index (Phi) is 3.87. The smallest absolute Gasteiger partial charge is 0.00680 e. The summed E-state index contributed by atoms with van der Waals surface area (Å²) < 4.78 is 0. The average molecular weight is 278 g/mol. The summed E-state index contributed by atoms with van der Waals surface area (Å²) in [5.41, 5.74) is 0.176. The van der Waals surface area contributed by atoms with Crippen molar-refractivity contribution in [3.05, 3.63) is 61.2 Å². The van der Waals surface area contributed by atoms with Gasteiger partial charge in [-0.2, -0.15) is 0 Å². The molecule has 0 atom stereocenters. The van der Waals surface area contributed by atoms with Crippen LogP contribution < -0.4 is 0 Å². The standard InChI is InChI=1S/C21H26/c1-21(2,19-13-11-15-7-3-5-9-17(15)19)20-14-12-16-8-4-6-10-18(16)20/h11-14H,3-10H2,1-2H3. The molecule has 4 fully saturated rings. The predicted octanol–water partition coefficient (Wildman–Crippen LogP) is 5.45. The zero-order chi connectivity index (χ0) is 14.4. The highest BCUT2D eigenvalue weighted by Crippen LogP contribution is 2.63. The van der Waals surface area contributed by atoms with Crippen LogP contribution in [-0.4, -0.2) is 0 Å². The van der Waals surface area contributed by atoms with Crippen LogP contribution in [0.15, 0.2) is 0 Å². The minimum atomic E-state index is 0.176. The Morgan fingerprint density at radius 3 is 1.52 bits per heavy atom. The zero-order valence-electron chi connectivity index (χ0n) is 13.5. The van der Waals surface area contributed by atoms with Gasteiger partial charge >= 0.3 is 0 Å². The molecule has 0 aromatic heterocycles. The number of hydrogen-bond acceptors (Lipinski definition) is 0. The summed E-state index contributed by atoms with van der Waals surface area (Å²) in [6, 6.07) is 0. The molecule has 21 heavy (non-hydrogen) atoms. The second-order valence-electron chi connectivity index (χ2n) is 7.54. The molecular formula is C21H26. The van der Waals surface area contributed by atoms with E-state index in [1.165, 1.54) is 51.4 Å². The first-order valence-corrected chi connectivity index (χ1v) is 8.74. The van der Waals surface area contributed by atoms with Gasteiger partial charge in [-0.05, 0) is 92.3 Å². The Labute approximate surface area is 132 Å². The van der Waals surface area contributed by atoms with E-state index in [0.29, 0.717) is 0 Å². The van der Waals surface area contributed by atoms with E-state index >= 15 is 0 Å². The highest BCUT2D eigenvalue weighted by molar-refractivity contribution is 5.62. The van der Waals surface area contributed by atoms with Crippen LogP contribution in [0.2, 0.25) is 0 Å². The Hall–Kier alpha value is 0. The fraction of sp³-hybridized carbons (Fsp3) is 0.524. The van der Waals surface area contributed by atoms with Crippen molar-refractivity contribution in [2.24, 2.45) is 5.41 Å². The first kappa shape index (κ1) is 14.6. The van der Waals surface area contributed by atoms with Gasteiger partial charge in [-0.1, -0.05) is 39.5 Å². The van der Waals surface area contributed by atoms with Crippen molar-refractivity contribution in [3.63, 3.8) is 0 Å². The first-order valence-electron chi connectivity index (χ1n) is 8.74. The van der Waals surface area contributed by atoms with Gasteiger partial charge in [-0.3, -0.25) is 0 Å². The Bertz CT molecular complexity index is 334. The molecule has 0 aliphatic heterocycles. The van der Waals surface area contributed by atoms with Crippen LogP contribution in [0.4, 0.5) is 0 Å². The van der Waals surface area contributed by atoms with E-state index in [1.807, 2.05) is 0 Å². The third-order valence-electron chi connectivity index (χ3n) is 5.92. The van der Waals surface area contributed by atoms with Crippen LogP contribution in [0.25, 0.3) is 0 Å². The van der Waals surface area contributed by atoms with E-state index in [4.69, 9.17) is 0 Å². The van der Waals surface area contributed by atoms with Crippen molar-refractivity contribution >= 4 is 0 Å². The summed E-state index contributed by atoms with van der Waals surface area (Å²) in [4.78, 5) is 0. The van der Waals surface area contributed by atoms with Crippen molar-refractivity contribution in [2.75, 3.05) is 0 Å². The lowest BCUT2D eigenvalue weighted by Crippen LogP contribution is -2.35. The molecule has 0 saturated heterocycles. The molecule has 0 heterocycles. The highest BCUT2D eigenvalue weighted by Gasteiger charge is 2.53. The van der Waals surface area contributed by atoms with Gasteiger partial charge in [-0.15, -0.1) is 0 Å². The lowest BCUT2D eigenvalue weighted by molar-refractivity contribution is 0.400. The maximum absolute atomic E-state index is 2.45. The van der Waals surface area contributed by atoms with Crippen molar-refractivity contribution < 1.29 is 0 Å². The van der Waals surface area contributed by atoms with Crippen molar-refractivity contribution in [1.29, 1.82) is 0 Å². The Morgan fingerprint density at radius 1 is 0.619 bits per heavy atom. The summed E-state index contributed by atoms with van der Waals surface area (Å²) in [6.07, 6.45) is 20.4. The van der Waals surface area contributed by atoms with Crippen molar-refractivity contribution in [2.45, 2.75) is 65.2 Å². The molecule has 4 aliphatic carbocycles. The van der Waals surface area contributed by atoms with Crippen LogP contribution in [0, 0.1) is 66.6 Å². The second-order valence-corrected chi connectivity index (χ2v) is 7.54. The molecule has 0 bridgehead atoms. The second kappa shape index (κ2) is 5.57. The van der Waals surface area contributed by atoms with Gasteiger partial charge in [0.05, 0.1) is 0 Å². The number of rotatable bonds is 2. The fourth-order valence-electron chi connectivity index (χ4n) is 4.73. The fourth-order valence-corrected chi connectivity index (χ4v) is 4.73. The van der Waals surface area contributed by atoms with Crippen molar-refractivity contribution in [3.8, 4) is 0 Å². The molecule has 0 spiro atoms. The molecule has 4 saturated carbocycles. The van der Waals surface area contributed by atoms with E-state index in [1.54, 1.807) is 35.5 Å². The van der Waals surface area contributed by atoms with Crippen LogP contribution in [-0.2, 0) is 0 Å². The molecule has 0 amide bonds. The van der Waals surface area contributed by atoms with Crippen LogP contribution in [0.3, 0.4) is 0 Å². The molecule has 4 rings (SSSR count). The van der Waals surface area contributed by atoms with E-state index in [0.717, 1.165) is 0 Å². The molecule has 10 radical (unpaired) electrons. The summed E-state index contributed by atoms with van der Waals surface area (Å²) in [5.74, 6) is 9.83. The molecule has 4 aliphatic rings. The summed E-state index contributed by atoms with van der Waals surface area (Å²) in [7, 11) is 0. The maximum atomic E-state index is 2.45. The minimum absolute atomic E-state index is 0.176. The van der Waals surface area contributed by atoms with Crippen LogP contribution >= 0.6 is 0 Å². The quantitative estimate of drug-likeness (QED) is 0.630. The van der Waals surface area contributed by atoms with Gasteiger partial charge in [0.2, 0.25) is 0 Å². The van der Waals surface area contributed by atoms with Gasteiger partial charge in [-0.25, -0.2) is 0 Å². The van der Waals surface area contributed by atoms with Gasteiger partial charge in [0.15, 0.2) is 0 Å². The molecular weight excluding hydrogens is 252 g/mol. The predicted molar refractivity (Wildman–Crippen MR) is 87.4 cm³/mol. The van der Waals surface area contributed by atoms with Crippen LogP contribution in [0.5, 0.6) is 0 Å². The number of hydrogen-bond donors (Lipinski definition) is 0. The lowest BCUT2D eigenvalue weighted by atomic mass is 9.59. The highest BCUT2D eigenvalue weighted by atomic mass is 14.6. The topological polar surface area (TPSA) is 0 Å². The van der Waals surface area contributed by atoms with Gasteiger partial charge in [0.25, 0.3) is 0 Å². The SMILES string of the molecule is CC(C)([C]1[CH][CH][C]2CCCC[C]21)[C]1[CH][CH][C]2CCCC[C]21. The van der Waals surface area contributed by atoms with E-state index in [2.05, 4.69) is 39.5 Å². The van der Waals surface area contributed by atoms with Crippen molar-refractivity contribution in [1.82, 2.24) is 0 Å². The molecule has 0 aromatic carbocycles. The Morgan fingerprint density at radius 2 is 1.05 bits per heavy atom. The lowest BCUT2D eigenvalue weighted by Gasteiger charge is -2.44. The minimum Gasteiger partial charge on any atom is -0.0587 e. The largest absolute Gasteiger partial charge is 0.0587 e. The summed E-state index contributed by atoms with van der Waals surface area (Å²) in [6.45, 7) is 4.89. The normalized spacial score (nSPS) is 31.7. The third-order valence-corrected chi connectivity index (χ3v) is 5.92. The van der Waals surface area contributed by atoms with E-state index < -0.39 is 0 Å².